The first kappa shape index (κ1) is 21.5. The lowest BCUT2D eigenvalue weighted by molar-refractivity contribution is -0.136. The zero-order valence-electron chi connectivity index (χ0n) is 16.5. The Hall–Kier alpha value is -2.75. The van der Waals surface area contributed by atoms with Gasteiger partial charge in [0.05, 0.1) is 25.3 Å². The fourth-order valence-corrected chi connectivity index (χ4v) is 3.27. The molecule has 1 atom stereocenters. The number of carbonyl (C=O) groups excluding carboxylic acids is 3. The van der Waals surface area contributed by atoms with E-state index in [1.807, 2.05) is 5.38 Å². The number of hydrogen-bond donors (Lipinski definition) is 1. The summed E-state index contributed by atoms with van der Waals surface area (Å²) < 4.78 is 10.0. The van der Waals surface area contributed by atoms with Gasteiger partial charge in [0.15, 0.2) is 10.8 Å². The molecule has 1 aromatic heterocycles. The molecule has 0 saturated carbocycles. The number of rotatable bonds is 6. The number of aromatic nitrogens is 1. The van der Waals surface area contributed by atoms with Gasteiger partial charge in [0, 0.05) is 30.7 Å². The Balaban J connectivity index is 2.25. The Morgan fingerprint density at radius 1 is 1.43 bits per heavy atom. The van der Waals surface area contributed by atoms with E-state index >= 15 is 0 Å². The van der Waals surface area contributed by atoms with Crippen LogP contribution in [0.1, 0.15) is 32.2 Å². The van der Waals surface area contributed by atoms with Crippen LogP contribution in [-0.2, 0) is 19.1 Å². The molecule has 10 heteroatoms. The highest BCUT2D eigenvalue weighted by Crippen LogP contribution is 2.25. The van der Waals surface area contributed by atoms with Crippen molar-refractivity contribution >= 4 is 35.5 Å². The van der Waals surface area contributed by atoms with Crippen LogP contribution in [0.5, 0.6) is 0 Å². The van der Waals surface area contributed by atoms with Crippen LogP contribution in [0.3, 0.4) is 0 Å². The van der Waals surface area contributed by atoms with Gasteiger partial charge < -0.3 is 24.5 Å². The summed E-state index contributed by atoms with van der Waals surface area (Å²) in [5, 5.41) is 5.03. The zero-order chi connectivity index (χ0) is 20.9. The van der Waals surface area contributed by atoms with Crippen LogP contribution in [-0.4, -0.2) is 66.4 Å². The van der Waals surface area contributed by atoms with E-state index in [1.54, 1.807) is 38.9 Å². The molecule has 1 amide bonds. The molecule has 2 rings (SSSR count). The predicted octanol–water partition coefficient (Wildman–Crippen LogP) is 1.74. The Labute approximate surface area is 167 Å². The summed E-state index contributed by atoms with van der Waals surface area (Å²) in [7, 11) is 3.01. The van der Waals surface area contributed by atoms with E-state index in [4.69, 9.17) is 9.47 Å². The lowest BCUT2D eigenvalue weighted by Gasteiger charge is -2.30. The van der Waals surface area contributed by atoms with Gasteiger partial charge in [-0.1, -0.05) is 0 Å². The molecule has 0 aliphatic carbocycles. The minimum Gasteiger partial charge on any atom is -0.466 e. The first-order chi connectivity index (χ1) is 13.2. The number of amidine groups is 1. The number of nitrogens with one attached hydrogen (secondary N) is 1. The normalized spacial score (nSPS) is 15.6. The van der Waals surface area contributed by atoms with Crippen molar-refractivity contribution in [3.05, 3.63) is 27.9 Å². The van der Waals surface area contributed by atoms with Crippen molar-refractivity contribution in [2.24, 2.45) is 4.99 Å². The van der Waals surface area contributed by atoms with Gasteiger partial charge in [-0.05, 0) is 20.8 Å². The number of ether oxygens (including phenoxy) is 2. The van der Waals surface area contributed by atoms with Crippen molar-refractivity contribution in [2.75, 3.05) is 20.7 Å². The molecule has 1 aliphatic heterocycles. The van der Waals surface area contributed by atoms with Crippen molar-refractivity contribution < 1.29 is 23.9 Å². The fraction of sp³-hybridized carbons (Fsp3) is 0.500. The SMILES string of the molecule is COC(=O)C1=C(CC(C=O)NC(=O)OC(C)(C)C)N(C)C(c2nccs2)=NC1. The highest BCUT2D eigenvalue weighted by molar-refractivity contribution is 7.11. The molecule has 1 aromatic rings. The summed E-state index contributed by atoms with van der Waals surface area (Å²) in [4.78, 5) is 46.2. The summed E-state index contributed by atoms with van der Waals surface area (Å²) in [5.41, 5.74) is 0.156. The van der Waals surface area contributed by atoms with Gasteiger partial charge in [-0.2, -0.15) is 0 Å². The second-order valence-corrected chi connectivity index (χ2v) is 7.94. The largest absolute Gasteiger partial charge is 0.466 e. The summed E-state index contributed by atoms with van der Waals surface area (Å²) in [6.07, 6.45) is 1.63. The van der Waals surface area contributed by atoms with Crippen LogP contribution in [0.4, 0.5) is 4.79 Å². The average molecular weight is 408 g/mol. The van der Waals surface area contributed by atoms with Gasteiger partial charge in [-0.25, -0.2) is 14.6 Å². The highest BCUT2D eigenvalue weighted by Gasteiger charge is 2.30. The standard InChI is InChI=1S/C18H24N4O5S/c1-18(2,3)27-17(25)21-11(10-23)8-13-12(16(24)26-5)9-20-14(22(13)4)15-19-6-7-28-15/h6-7,10-11H,8-9H2,1-5H3,(H,21,25). The summed E-state index contributed by atoms with van der Waals surface area (Å²) in [6.45, 7) is 5.28. The lowest BCUT2D eigenvalue weighted by atomic mass is 10.0. The number of esters is 1. The van der Waals surface area contributed by atoms with E-state index in [0.29, 0.717) is 28.4 Å². The van der Waals surface area contributed by atoms with Crippen molar-refractivity contribution in [2.45, 2.75) is 38.8 Å². The molecule has 0 saturated heterocycles. The number of aldehydes is 1. The Morgan fingerprint density at radius 3 is 2.68 bits per heavy atom. The number of thiazole rings is 1. The number of aliphatic imine (C=N–C) groups is 1. The summed E-state index contributed by atoms with van der Waals surface area (Å²) in [5.74, 6) is 0.0466. The first-order valence-electron chi connectivity index (χ1n) is 8.59. The number of carbonyl (C=O) groups is 3. The van der Waals surface area contributed by atoms with Crippen LogP contribution in [0.2, 0.25) is 0 Å². The van der Waals surface area contributed by atoms with Gasteiger partial charge in [0.25, 0.3) is 0 Å². The molecule has 1 N–H and O–H groups in total. The van der Waals surface area contributed by atoms with Gasteiger partial charge in [-0.15, -0.1) is 11.3 Å². The molecule has 9 nitrogen and oxygen atoms in total. The second kappa shape index (κ2) is 8.96. The second-order valence-electron chi connectivity index (χ2n) is 7.05. The fourth-order valence-electron chi connectivity index (χ4n) is 2.59. The number of amides is 1. The molecule has 0 fully saturated rings. The molecule has 1 aliphatic rings. The Morgan fingerprint density at radius 2 is 2.14 bits per heavy atom. The number of nitrogens with zero attached hydrogens (tertiary/aromatic N) is 3. The van der Waals surface area contributed by atoms with E-state index in [1.165, 1.54) is 18.4 Å². The quantitative estimate of drug-likeness (QED) is 0.564. The maximum Gasteiger partial charge on any atom is 0.408 e. The molecule has 0 aromatic carbocycles. The van der Waals surface area contributed by atoms with Crippen LogP contribution < -0.4 is 5.32 Å². The molecular weight excluding hydrogens is 384 g/mol. The van der Waals surface area contributed by atoms with Gasteiger partial charge >= 0.3 is 12.1 Å². The van der Waals surface area contributed by atoms with E-state index in [9.17, 15) is 14.4 Å². The van der Waals surface area contributed by atoms with Gasteiger partial charge in [0.2, 0.25) is 0 Å². The van der Waals surface area contributed by atoms with Crippen LogP contribution in [0, 0.1) is 0 Å². The van der Waals surface area contributed by atoms with Gasteiger partial charge in [-0.3, -0.25) is 4.99 Å². The molecule has 28 heavy (non-hydrogen) atoms. The molecule has 2 heterocycles. The summed E-state index contributed by atoms with van der Waals surface area (Å²) >= 11 is 1.41. The molecule has 152 valence electrons. The van der Waals surface area contributed by atoms with Crippen molar-refractivity contribution in [3.8, 4) is 0 Å². The summed E-state index contributed by atoms with van der Waals surface area (Å²) in [6, 6.07) is -0.886. The number of alkyl carbamates (subject to hydrolysis) is 1. The number of methoxy groups -OCH3 is 1. The first-order valence-corrected chi connectivity index (χ1v) is 9.47. The number of hydrogen-bond acceptors (Lipinski definition) is 9. The topological polar surface area (TPSA) is 110 Å². The minimum absolute atomic E-state index is 0.0775. The molecule has 0 spiro atoms. The third-order valence-corrected chi connectivity index (χ3v) is 4.56. The van der Waals surface area contributed by atoms with E-state index in [0.717, 1.165) is 0 Å². The smallest absolute Gasteiger partial charge is 0.408 e. The maximum atomic E-state index is 12.2. The van der Waals surface area contributed by atoms with Crippen molar-refractivity contribution in [1.82, 2.24) is 15.2 Å². The maximum absolute atomic E-state index is 12.2. The van der Waals surface area contributed by atoms with Crippen LogP contribution in [0.15, 0.2) is 27.8 Å². The lowest BCUT2D eigenvalue weighted by Crippen LogP contribution is -2.43. The van der Waals surface area contributed by atoms with Gasteiger partial charge in [0.1, 0.15) is 11.9 Å². The Bertz CT molecular complexity index is 795. The van der Waals surface area contributed by atoms with Crippen molar-refractivity contribution in [3.63, 3.8) is 0 Å². The molecule has 0 radical (unpaired) electrons. The molecular formula is C18H24N4O5S. The third kappa shape index (κ3) is 5.38. The third-order valence-electron chi connectivity index (χ3n) is 3.79. The Kier molecular flexibility index (Phi) is 6.90. The van der Waals surface area contributed by atoms with E-state index in [2.05, 4.69) is 15.3 Å². The molecule has 1 unspecified atom stereocenters. The monoisotopic (exact) mass is 408 g/mol. The van der Waals surface area contributed by atoms with Crippen LogP contribution >= 0.6 is 11.3 Å². The molecule has 0 bridgehead atoms. The van der Waals surface area contributed by atoms with Crippen molar-refractivity contribution in [1.29, 1.82) is 0 Å². The van der Waals surface area contributed by atoms with E-state index < -0.39 is 23.7 Å². The predicted molar refractivity (Wildman–Crippen MR) is 104 cm³/mol. The van der Waals surface area contributed by atoms with E-state index in [-0.39, 0.29) is 13.0 Å². The average Bonchev–Trinajstić information content (AvgIpc) is 3.14. The highest BCUT2D eigenvalue weighted by atomic mass is 32.1. The zero-order valence-corrected chi connectivity index (χ0v) is 17.3. The van der Waals surface area contributed by atoms with Crippen LogP contribution in [0.25, 0.3) is 0 Å². The minimum atomic E-state index is -0.886.